The number of hydrogen-bond acceptors (Lipinski definition) is 3. The monoisotopic (exact) mass is 336 g/mol. The number of para-hydroxylation sites is 2. The molecule has 0 saturated heterocycles. The Kier molecular flexibility index (Phi) is 5.04. The van der Waals surface area contributed by atoms with Crippen molar-refractivity contribution in [2.75, 3.05) is 6.61 Å². The van der Waals surface area contributed by atoms with E-state index in [2.05, 4.69) is 15.9 Å². The lowest BCUT2D eigenvalue weighted by Gasteiger charge is -2.13. The van der Waals surface area contributed by atoms with Gasteiger partial charge in [0.25, 0.3) is 0 Å². The highest BCUT2D eigenvalue weighted by Crippen LogP contribution is 2.34. The van der Waals surface area contributed by atoms with Crippen molar-refractivity contribution in [3.8, 4) is 17.2 Å². The highest BCUT2D eigenvalue weighted by molar-refractivity contribution is 9.10. The molecular weight excluding hydrogens is 320 g/mol. The zero-order chi connectivity index (χ0) is 14.5. The Hall–Kier alpha value is -1.52. The van der Waals surface area contributed by atoms with Crippen molar-refractivity contribution < 1.29 is 14.6 Å². The normalized spacial score (nSPS) is 12.0. The third kappa shape index (κ3) is 3.52. The maximum atomic E-state index is 9.61. The summed E-state index contributed by atoms with van der Waals surface area (Å²) in [5.41, 5.74) is 0.829. The summed E-state index contributed by atoms with van der Waals surface area (Å²) in [5.74, 6) is 2.07. The molecule has 106 valence electrons. The SMILES string of the molecule is CCOc1ccccc1Oc1ccc([C@H](C)O)c(Br)c1. The first-order valence-corrected chi connectivity index (χ1v) is 7.28. The summed E-state index contributed by atoms with van der Waals surface area (Å²) in [6.45, 7) is 4.25. The van der Waals surface area contributed by atoms with E-state index in [1.807, 2.05) is 49.4 Å². The van der Waals surface area contributed by atoms with Gasteiger partial charge in [-0.25, -0.2) is 0 Å². The van der Waals surface area contributed by atoms with E-state index in [9.17, 15) is 5.11 Å². The average Bonchev–Trinajstić information content (AvgIpc) is 2.41. The second-order valence-corrected chi connectivity index (χ2v) is 5.20. The Morgan fingerprint density at radius 2 is 1.85 bits per heavy atom. The summed E-state index contributed by atoms with van der Waals surface area (Å²) in [4.78, 5) is 0. The molecule has 0 spiro atoms. The molecule has 0 aliphatic rings. The van der Waals surface area contributed by atoms with Gasteiger partial charge < -0.3 is 14.6 Å². The molecule has 0 aromatic heterocycles. The maximum Gasteiger partial charge on any atom is 0.169 e. The van der Waals surface area contributed by atoms with Crippen LogP contribution in [0.5, 0.6) is 17.2 Å². The van der Waals surface area contributed by atoms with Crippen molar-refractivity contribution in [2.45, 2.75) is 20.0 Å². The fourth-order valence-corrected chi connectivity index (χ4v) is 2.54. The molecule has 0 radical (unpaired) electrons. The van der Waals surface area contributed by atoms with Gasteiger partial charge in [0.05, 0.1) is 12.7 Å². The molecule has 2 rings (SSSR count). The lowest BCUT2D eigenvalue weighted by Crippen LogP contribution is -1.96. The molecule has 20 heavy (non-hydrogen) atoms. The zero-order valence-electron chi connectivity index (χ0n) is 11.5. The Balaban J connectivity index is 2.24. The van der Waals surface area contributed by atoms with Crippen LogP contribution < -0.4 is 9.47 Å². The van der Waals surface area contributed by atoms with Gasteiger partial charge in [0.15, 0.2) is 11.5 Å². The van der Waals surface area contributed by atoms with Crippen LogP contribution in [0.25, 0.3) is 0 Å². The fraction of sp³-hybridized carbons (Fsp3) is 0.250. The lowest BCUT2D eigenvalue weighted by atomic mass is 10.1. The van der Waals surface area contributed by atoms with E-state index in [4.69, 9.17) is 9.47 Å². The van der Waals surface area contributed by atoms with Crippen LogP contribution in [0.15, 0.2) is 46.9 Å². The first kappa shape index (κ1) is 14.9. The molecule has 0 saturated carbocycles. The number of hydrogen-bond donors (Lipinski definition) is 1. The van der Waals surface area contributed by atoms with Crippen LogP contribution in [0.1, 0.15) is 25.5 Å². The van der Waals surface area contributed by atoms with E-state index < -0.39 is 6.10 Å². The van der Waals surface area contributed by atoms with E-state index >= 15 is 0 Å². The minimum absolute atomic E-state index is 0.519. The largest absolute Gasteiger partial charge is 0.490 e. The summed E-state index contributed by atoms with van der Waals surface area (Å²) in [6.07, 6.45) is -0.519. The first-order chi connectivity index (χ1) is 9.61. The third-order valence-electron chi connectivity index (χ3n) is 2.80. The van der Waals surface area contributed by atoms with Crippen molar-refractivity contribution in [1.82, 2.24) is 0 Å². The van der Waals surface area contributed by atoms with Gasteiger partial charge in [-0.05, 0) is 43.7 Å². The smallest absolute Gasteiger partial charge is 0.169 e. The molecule has 1 atom stereocenters. The molecule has 2 aromatic rings. The topological polar surface area (TPSA) is 38.7 Å². The molecule has 0 heterocycles. The van der Waals surface area contributed by atoms with Gasteiger partial charge in [-0.15, -0.1) is 0 Å². The number of rotatable bonds is 5. The Labute approximate surface area is 127 Å². The van der Waals surface area contributed by atoms with Crippen molar-refractivity contribution in [3.05, 3.63) is 52.5 Å². The molecule has 0 unspecified atom stereocenters. The summed E-state index contributed by atoms with van der Waals surface area (Å²) in [7, 11) is 0. The van der Waals surface area contributed by atoms with Crippen LogP contribution in [0.4, 0.5) is 0 Å². The van der Waals surface area contributed by atoms with Crippen LogP contribution in [-0.2, 0) is 0 Å². The number of benzene rings is 2. The van der Waals surface area contributed by atoms with E-state index in [1.165, 1.54) is 0 Å². The van der Waals surface area contributed by atoms with Gasteiger partial charge in [-0.1, -0.05) is 34.1 Å². The second kappa shape index (κ2) is 6.77. The van der Waals surface area contributed by atoms with Crippen LogP contribution in [0.2, 0.25) is 0 Å². The third-order valence-corrected chi connectivity index (χ3v) is 3.49. The van der Waals surface area contributed by atoms with Crippen molar-refractivity contribution in [1.29, 1.82) is 0 Å². The number of halogens is 1. The van der Waals surface area contributed by atoms with Crippen LogP contribution in [0, 0.1) is 0 Å². The standard InChI is InChI=1S/C16H17BrO3/c1-3-19-15-6-4-5-7-16(15)20-12-8-9-13(11(2)18)14(17)10-12/h4-11,18H,3H2,1-2H3/t11-/m0/s1. The molecular formula is C16H17BrO3. The predicted molar refractivity (Wildman–Crippen MR) is 82.5 cm³/mol. The molecule has 0 bridgehead atoms. The van der Waals surface area contributed by atoms with Gasteiger partial charge in [0.2, 0.25) is 0 Å². The predicted octanol–water partition coefficient (Wildman–Crippen LogP) is 4.69. The van der Waals surface area contributed by atoms with E-state index in [0.717, 1.165) is 10.0 Å². The van der Waals surface area contributed by atoms with E-state index in [0.29, 0.717) is 23.9 Å². The van der Waals surface area contributed by atoms with Crippen LogP contribution in [0.3, 0.4) is 0 Å². The second-order valence-electron chi connectivity index (χ2n) is 4.34. The summed E-state index contributed by atoms with van der Waals surface area (Å²) in [5, 5.41) is 9.61. The Morgan fingerprint density at radius 1 is 1.15 bits per heavy atom. The lowest BCUT2D eigenvalue weighted by molar-refractivity contribution is 0.198. The highest BCUT2D eigenvalue weighted by Gasteiger charge is 2.09. The Bertz CT molecular complexity index is 582. The molecule has 1 N–H and O–H groups in total. The Morgan fingerprint density at radius 3 is 2.45 bits per heavy atom. The van der Waals surface area contributed by atoms with Crippen molar-refractivity contribution in [3.63, 3.8) is 0 Å². The van der Waals surface area contributed by atoms with Gasteiger partial charge >= 0.3 is 0 Å². The van der Waals surface area contributed by atoms with Gasteiger partial charge in [0, 0.05) is 4.47 Å². The summed E-state index contributed by atoms with van der Waals surface area (Å²) < 4.78 is 12.2. The molecule has 0 amide bonds. The highest BCUT2D eigenvalue weighted by atomic mass is 79.9. The summed E-state index contributed by atoms with van der Waals surface area (Å²) in [6, 6.07) is 13.1. The van der Waals surface area contributed by atoms with Gasteiger partial charge in [-0.3, -0.25) is 0 Å². The number of aliphatic hydroxyl groups is 1. The minimum atomic E-state index is -0.519. The van der Waals surface area contributed by atoms with Gasteiger partial charge in [0.1, 0.15) is 5.75 Å². The van der Waals surface area contributed by atoms with E-state index in [1.54, 1.807) is 6.92 Å². The molecule has 2 aromatic carbocycles. The maximum absolute atomic E-state index is 9.61. The average molecular weight is 337 g/mol. The van der Waals surface area contributed by atoms with Gasteiger partial charge in [-0.2, -0.15) is 0 Å². The van der Waals surface area contributed by atoms with E-state index in [-0.39, 0.29) is 0 Å². The zero-order valence-corrected chi connectivity index (χ0v) is 13.1. The molecule has 4 heteroatoms. The minimum Gasteiger partial charge on any atom is -0.490 e. The number of ether oxygens (including phenoxy) is 2. The first-order valence-electron chi connectivity index (χ1n) is 6.49. The number of aliphatic hydroxyl groups excluding tert-OH is 1. The molecule has 0 fully saturated rings. The summed E-state index contributed by atoms with van der Waals surface area (Å²) >= 11 is 3.44. The fourth-order valence-electron chi connectivity index (χ4n) is 1.85. The van der Waals surface area contributed by atoms with Crippen molar-refractivity contribution >= 4 is 15.9 Å². The molecule has 0 aliphatic carbocycles. The van der Waals surface area contributed by atoms with Crippen LogP contribution >= 0.6 is 15.9 Å². The van der Waals surface area contributed by atoms with Crippen molar-refractivity contribution in [2.24, 2.45) is 0 Å². The quantitative estimate of drug-likeness (QED) is 0.860. The molecule has 3 nitrogen and oxygen atoms in total. The van der Waals surface area contributed by atoms with Crippen LogP contribution in [-0.4, -0.2) is 11.7 Å². The molecule has 0 aliphatic heterocycles.